The molecule has 0 radical (unpaired) electrons. The number of hydrogen-bond acceptors (Lipinski definition) is 8. The van der Waals surface area contributed by atoms with E-state index in [0.29, 0.717) is 41.3 Å². The standard InChI is InChI=1S/C34H38ClN3O6/c1-8-41-29-15-21(6)26(18-25(29)20(4)5)32-37-28-14-12-11-13-24(28)33(39)38(32)36-19-23-16-27(35)31(30(17-23)42-9-2)44-22(7)34(40)43-10-3/h11-20,22H,8-10H2,1-7H3/t22-/m0/s1. The van der Waals surface area contributed by atoms with Crippen LogP contribution in [0.2, 0.25) is 5.02 Å². The third kappa shape index (κ3) is 7.05. The molecule has 0 spiro atoms. The Kier molecular flexibility index (Phi) is 10.7. The lowest BCUT2D eigenvalue weighted by atomic mass is 9.96. The van der Waals surface area contributed by atoms with Crippen LogP contribution in [0.5, 0.6) is 17.2 Å². The summed E-state index contributed by atoms with van der Waals surface area (Å²) in [4.78, 5) is 30.9. The van der Waals surface area contributed by atoms with Gasteiger partial charge in [-0.2, -0.15) is 9.78 Å². The van der Waals surface area contributed by atoms with Gasteiger partial charge in [0.05, 0.1) is 42.0 Å². The number of carbonyl (C=O) groups excluding carboxylic acids is 1. The molecule has 232 valence electrons. The zero-order valence-corrected chi connectivity index (χ0v) is 26.9. The van der Waals surface area contributed by atoms with E-state index in [2.05, 4.69) is 18.9 Å². The van der Waals surface area contributed by atoms with Gasteiger partial charge in [-0.1, -0.05) is 37.6 Å². The number of hydrogen-bond donors (Lipinski definition) is 0. The van der Waals surface area contributed by atoms with E-state index in [9.17, 15) is 9.59 Å². The molecule has 4 aromatic rings. The van der Waals surface area contributed by atoms with Crippen LogP contribution in [0.3, 0.4) is 0 Å². The Morgan fingerprint density at radius 2 is 1.70 bits per heavy atom. The van der Waals surface area contributed by atoms with E-state index in [1.165, 1.54) is 10.9 Å². The van der Waals surface area contributed by atoms with Crippen molar-refractivity contribution in [2.45, 2.75) is 60.5 Å². The van der Waals surface area contributed by atoms with Crippen molar-refractivity contribution < 1.29 is 23.7 Å². The van der Waals surface area contributed by atoms with Gasteiger partial charge in [0.25, 0.3) is 5.56 Å². The van der Waals surface area contributed by atoms with Gasteiger partial charge in [0, 0.05) is 5.56 Å². The Balaban J connectivity index is 1.86. The summed E-state index contributed by atoms with van der Waals surface area (Å²) in [5, 5.41) is 5.26. The number of carbonyl (C=O) groups is 1. The fourth-order valence-corrected chi connectivity index (χ4v) is 4.99. The number of fused-ring (bicyclic) bond motifs is 1. The molecular formula is C34H38ClN3O6. The van der Waals surface area contributed by atoms with Gasteiger partial charge >= 0.3 is 5.97 Å². The largest absolute Gasteiger partial charge is 0.494 e. The van der Waals surface area contributed by atoms with E-state index in [1.807, 2.05) is 45.0 Å². The molecule has 44 heavy (non-hydrogen) atoms. The molecule has 0 saturated carbocycles. The lowest BCUT2D eigenvalue weighted by Crippen LogP contribution is -2.26. The molecule has 0 saturated heterocycles. The normalized spacial score (nSPS) is 12.1. The quantitative estimate of drug-likeness (QED) is 0.122. The predicted octanol–water partition coefficient (Wildman–Crippen LogP) is 7.16. The van der Waals surface area contributed by atoms with Gasteiger partial charge in [-0.05, 0) is 93.6 Å². The molecule has 0 aliphatic heterocycles. The second kappa shape index (κ2) is 14.4. The van der Waals surface area contributed by atoms with Crippen molar-refractivity contribution in [2.75, 3.05) is 19.8 Å². The van der Waals surface area contributed by atoms with Crippen LogP contribution in [-0.4, -0.2) is 47.8 Å². The van der Waals surface area contributed by atoms with Gasteiger partial charge in [0.2, 0.25) is 0 Å². The number of aromatic nitrogens is 2. The Morgan fingerprint density at radius 3 is 2.39 bits per heavy atom. The maximum absolute atomic E-state index is 13.8. The molecule has 0 amide bonds. The molecule has 0 aliphatic carbocycles. The summed E-state index contributed by atoms with van der Waals surface area (Å²) in [5.74, 6) is 1.39. The maximum Gasteiger partial charge on any atom is 0.347 e. The highest BCUT2D eigenvalue weighted by Gasteiger charge is 2.22. The van der Waals surface area contributed by atoms with Gasteiger partial charge < -0.3 is 18.9 Å². The van der Waals surface area contributed by atoms with E-state index in [4.69, 9.17) is 35.5 Å². The Bertz CT molecular complexity index is 1750. The van der Waals surface area contributed by atoms with Gasteiger partial charge in [-0.3, -0.25) is 4.79 Å². The fourth-order valence-electron chi connectivity index (χ4n) is 4.72. The molecule has 0 fully saturated rings. The van der Waals surface area contributed by atoms with E-state index in [0.717, 1.165) is 22.4 Å². The zero-order valence-electron chi connectivity index (χ0n) is 26.1. The number of esters is 1. The molecule has 0 N–H and O–H groups in total. The number of halogens is 1. The molecule has 0 bridgehead atoms. The number of para-hydroxylation sites is 1. The van der Waals surface area contributed by atoms with E-state index >= 15 is 0 Å². The van der Waals surface area contributed by atoms with Crippen molar-refractivity contribution in [3.63, 3.8) is 0 Å². The van der Waals surface area contributed by atoms with Crippen molar-refractivity contribution >= 4 is 34.7 Å². The van der Waals surface area contributed by atoms with E-state index < -0.39 is 12.1 Å². The predicted molar refractivity (Wildman–Crippen MR) is 174 cm³/mol. The molecule has 4 rings (SSSR count). The highest BCUT2D eigenvalue weighted by atomic mass is 35.5. The second-order valence-corrected chi connectivity index (χ2v) is 10.8. The number of rotatable bonds is 12. The first-order valence-electron chi connectivity index (χ1n) is 14.7. The molecule has 0 unspecified atom stereocenters. The number of aryl methyl sites for hydroxylation is 1. The van der Waals surface area contributed by atoms with Crippen LogP contribution < -0.4 is 19.8 Å². The molecule has 10 heteroatoms. The highest BCUT2D eigenvalue weighted by molar-refractivity contribution is 6.32. The zero-order chi connectivity index (χ0) is 32.0. The Morgan fingerprint density at radius 1 is 1.00 bits per heavy atom. The van der Waals surface area contributed by atoms with Crippen molar-refractivity contribution in [1.29, 1.82) is 0 Å². The van der Waals surface area contributed by atoms with Gasteiger partial charge in [0.1, 0.15) is 5.75 Å². The smallest absolute Gasteiger partial charge is 0.347 e. The highest BCUT2D eigenvalue weighted by Crippen LogP contribution is 2.38. The summed E-state index contributed by atoms with van der Waals surface area (Å²) in [5.41, 5.74) is 3.46. The Labute approximate surface area is 262 Å². The third-order valence-electron chi connectivity index (χ3n) is 6.84. The first kappa shape index (κ1) is 32.5. The van der Waals surface area contributed by atoms with Crippen molar-refractivity contribution in [3.05, 3.63) is 80.6 Å². The lowest BCUT2D eigenvalue weighted by molar-refractivity contribution is -0.150. The van der Waals surface area contributed by atoms with E-state index in [-0.39, 0.29) is 28.9 Å². The third-order valence-corrected chi connectivity index (χ3v) is 7.12. The average molecular weight is 620 g/mol. The molecule has 9 nitrogen and oxygen atoms in total. The molecular weight excluding hydrogens is 582 g/mol. The minimum Gasteiger partial charge on any atom is -0.494 e. The van der Waals surface area contributed by atoms with Crippen LogP contribution in [0, 0.1) is 6.92 Å². The van der Waals surface area contributed by atoms with Crippen LogP contribution in [0.1, 0.15) is 64.2 Å². The Hall–Kier alpha value is -4.37. The number of ether oxygens (including phenoxy) is 4. The summed E-state index contributed by atoms with van der Waals surface area (Å²) in [6.45, 7) is 14.3. The lowest BCUT2D eigenvalue weighted by Gasteiger charge is -2.18. The summed E-state index contributed by atoms with van der Waals surface area (Å²) in [6.07, 6.45) is 0.616. The summed E-state index contributed by atoms with van der Waals surface area (Å²) in [6, 6.07) is 14.5. The van der Waals surface area contributed by atoms with Crippen LogP contribution in [0.25, 0.3) is 22.3 Å². The first-order valence-corrected chi connectivity index (χ1v) is 15.1. The second-order valence-electron chi connectivity index (χ2n) is 10.4. The molecule has 3 aromatic carbocycles. The van der Waals surface area contributed by atoms with Crippen molar-refractivity contribution in [3.8, 4) is 28.6 Å². The summed E-state index contributed by atoms with van der Waals surface area (Å²) in [7, 11) is 0. The molecule has 1 atom stereocenters. The molecule has 0 aliphatic rings. The van der Waals surface area contributed by atoms with Crippen LogP contribution in [-0.2, 0) is 9.53 Å². The first-order chi connectivity index (χ1) is 21.1. The summed E-state index contributed by atoms with van der Waals surface area (Å²) < 4.78 is 23.9. The fraction of sp³-hybridized carbons (Fsp3) is 0.353. The van der Waals surface area contributed by atoms with E-state index in [1.54, 1.807) is 38.1 Å². The van der Waals surface area contributed by atoms with Crippen LogP contribution in [0.4, 0.5) is 0 Å². The van der Waals surface area contributed by atoms with Crippen molar-refractivity contribution in [2.24, 2.45) is 5.10 Å². The summed E-state index contributed by atoms with van der Waals surface area (Å²) >= 11 is 6.61. The maximum atomic E-state index is 13.8. The topological polar surface area (TPSA) is 101 Å². The van der Waals surface area contributed by atoms with Gasteiger partial charge in [-0.15, -0.1) is 0 Å². The minimum absolute atomic E-state index is 0.173. The van der Waals surface area contributed by atoms with Crippen LogP contribution in [0.15, 0.2) is 58.4 Å². The minimum atomic E-state index is -0.899. The molecule has 1 aromatic heterocycles. The number of benzene rings is 3. The average Bonchev–Trinajstić information content (AvgIpc) is 2.98. The van der Waals surface area contributed by atoms with Gasteiger partial charge in [-0.25, -0.2) is 9.78 Å². The van der Waals surface area contributed by atoms with Gasteiger partial charge in [0.15, 0.2) is 23.4 Å². The molecule has 1 heterocycles. The number of nitrogens with zero attached hydrogens (tertiary/aromatic N) is 3. The monoisotopic (exact) mass is 619 g/mol. The van der Waals surface area contributed by atoms with Crippen molar-refractivity contribution in [1.82, 2.24) is 9.66 Å². The van der Waals surface area contributed by atoms with Crippen LogP contribution >= 0.6 is 11.6 Å². The SMILES string of the molecule is CCOC(=O)[C@H](C)Oc1c(Cl)cc(C=Nn2c(-c3cc(C(C)C)c(OCC)cc3C)nc3ccccc3c2=O)cc1OCC.